The number of nitrogens with zero attached hydrogens (tertiary/aromatic N) is 3. The predicted molar refractivity (Wildman–Crippen MR) is 124 cm³/mol. The van der Waals surface area contributed by atoms with E-state index >= 15 is 0 Å². The normalized spacial score (nSPS) is 13.5. The number of carbonyl (C=O) groups excluding carboxylic acids is 1. The molecule has 0 saturated heterocycles. The lowest BCUT2D eigenvalue weighted by Crippen LogP contribution is -2.57. The molecular weight excluding hydrogens is 422 g/mol. The van der Waals surface area contributed by atoms with Gasteiger partial charge < -0.3 is 19.5 Å². The van der Waals surface area contributed by atoms with E-state index in [1.54, 1.807) is 16.7 Å². The van der Waals surface area contributed by atoms with Crippen LogP contribution in [0.25, 0.3) is 0 Å². The highest BCUT2D eigenvalue weighted by atomic mass is 16.5. The van der Waals surface area contributed by atoms with Crippen molar-refractivity contribution < 1.29 is 19.4 Å². The fourth-order valence-electron chi connectivity index (χ4n) is 4.21. The van der Waals surface area contributed by atoms with Gasteiger partial charge in [-0.3, -0.25) is 14.6 Å². The van der Waals surface area contributed by atoms with Crippen molar-refractivity contribution in [3.05, 3.63) is 99.5 Å². The fourth-order valence-corrected chi connectivity index (χ4v) is 4.21. The molecule has 0 atom stereocenters. The molecule has 2 aromatic carbocycles. The number of ether oxygens (including phenoxy) is 2. The molecule has 8 heteroatoms. The second-order valence-electron chi connectivity index (χ2n) is 7.81. The Morgan fingerprint density at radius 2 is 1.55 bits per heavy atom. The second kappa shape index (κ2) is 9.89. The van der Waals surface area contributed by atoms with Crippen molar-refractivity contribution in [2.75, 3.05) is 39.0 Å². The van der Waals surface area contributed by atoms with Gasteiger partial charge in [0.05, 0.1) is 24.9 Å². The van der Waals surface area contributed by atoms with Crippen LogP contribution in [-0.2, 0) is 16.1 Å². The number of fused-ring (bicyclic) bond motifs is 1. The van der Waals surface area contributed by atoms with Gasteiger partial charge in [0.2, 0.25) is 5.43 Å². The molecule has 0 saturated carbocycles. The molecule has 2 heterocycles. The Bertz CT molecular complexity index is 1120. The van der Waals surface area contributed by atoms with Gasteiger partial charge in [0, 0.05) is 26.8 Å². The average molecular weight is 450 g/mol. The van der Waals surface area contributed by atoms with Gasteiger partial charge in [-0.25, -0.2) is 4.68 Å². The van der Waals surface area contributed by atoms with Crippen LogP contribution in [0.4, 0.5) is 0 Å². The molecule has 4 rings (SSSR count). The molecule has 0 fully saturated rings. The van der Waals surface area contributed by atoms with Crippen LogP contribution in [0.15, 0.2) is 71.5 Å². The topological polar surface area (TPSA) is 84.2 Å². The quantitative estimate of drug-likeness (QED) is 0.569. The first kappa shape index (κ1) is 22.6. The lowest BCUT2D eigenvalue weighted by Gasteiger charge is -2.45. The number of amides is 1. The third kappa shape index (κ3) is 4.35. The predicted octanol–water partition coefficient (Wildman–Crippen LogP) is 2.49. The van der Waals surface area contributed by atoms with Gasteiger partial charge in [0.25, 0.3) is 5.91 Å². The van der Waals surface area contributed by atoms with Gasteiger partial charge in [0.15, 0.2) is 11.4 Å². The highest BCUT2D eigenvalue weighted by Crippen LogP contribution is 2.33. The van der Waals surface area contributed by atoms with E-state index in [2.05, 4.69) is 0 Å². The van der Waals surface area contributed by atoms with E-state index < -0.39 is 17.1 Å². The molecule has 0 radical (unpaired) electrons. The van der Waals surface area contributed by atoms with Crippen molar-refractivity contribution in [2.45, 2.75) is 12.6 Å². The van der Waals surface area contributed by atoms with E-state index in [0.717, 1.165) is 11.1 Å². The van der Waals surface area contributed by atoms with Crippen molar-refractivity contribution in [3.63, 3.8) is 0 Å². The zero-order valence-corrected chi connectivity index (χ0v) is 18.7. The number of hydrogen-bond donors (Lipinski definition) is 1. The van der Waals surface area contributed by atoms with Crippen molar-refractivity contribution in [3.8, 4) is 5.75 Å². The summed E-state index contributed by atoms with van der Waals surface area (Å²) < 4.78 is 12.2. The van der Waals surface area contributed by atoms with Crippen LogP contribution in [0.5, 0.6) is 5.75 Å². The Balaban J connectivity index is 1.98. The summed E-state index contributed by atoms with van der Waals surface area (Å²) in [5.74, 6) is -1.01. The first-order valence-electron chi connectivity index (χ1n) is 10.7. The first-order valence-corrected chi connectivity index (χ1v) is 10.7. The maximum atomic E-state index is 13.4. The van der Waals surface area contributed by atoms with Crippen LogP contribution >= 0.6 is 0 Å². The zero-order valence-electron chi connectivity index (χ0n) is 18.7. The Morgan fingerprint density at radius 3 is 2.09 bits per heavy atom. The van der Waals surface area contributed by atoms with Crippen molar-refractivity contribution in [2.24, 2.45) is 0 Å². The highest BCUT2D eigenvalue weighted by Gasteiger charge is 2.37. The van der Waals surface area contributed by atoms with E-state index in [-0.39, 0.29) is 25.0 Å². The van der Waals surface area contributed by atoms with Crippen molar-refractivity contribution in [1.82, 2.24) is 9.58 Å². The van der Waals surface area contributed by atoms with E-state index in [1.165, 1.54) is 13.2 Å². The maximum Gasteiger partial charge on any atom is 0.277 e. The molecule has 1 N–H and O–H groups in total. The highest BCUT2D eigenvalue weighted by molar-refractivity contribution is 5.96. The first-order chi connectivity index (χ1) is 16.1. The monoisotopic (exact) mass is 449 g/mol. The van der Waals surface area contributed by atoms with Crippen LogP contribution in [0.1, 0.15) is 33.4 Å². The van der Waals surface area contributed by atoms with Gasteiger partial charge in [-0.15, -0.1) is 0 Å². The minimum Gasteiger partial charge on any atom is -0.502 e. The van der Waals surface area contributed by atoms with Gasteiger partial charge in [-0.05, 0) is 11.1 Å². The molecule has 33 heavy (non-hydrogen) atoms. The van der Waals surface area contributed by atoms with E-state index in [9.17, 15) is 14.7 Å². The van der Waals surface area contributed by atoms with Gasteiger partial charge in [-0.2, -0.15) is 0 Å². The molecule has 1 amide bonds. The molecule has 0 spiro atoms. The lowest BCUT2D eigenvalue weighted by molar-refractivity contribution is 0.0605. The molecule has 0 aliphatic carbocycles. The molecule has 0 unspecified atom stereocenters. The van der Waals surface area contributed by atoms with Gasteiger partial charge in [0.1, 0.15) is 6.67 Å². The van der Waals surface area contributed by atoms with Crippen molar-refractivity contribution >= 4 is 5.91 Å². The lowest BCUT2D eigenvalue weighted by atomic mass is 9.98. The summed E-state index contributed by atoms with van der Waals surface area (Å²) in [4.78, 5) is 27.5. The molecule has 8 nitrogen and oxygen atoms in total. The second-order valence-corrected chi connectivity index (χ2v) is 7.81. The summed E-state index contributed by atoms with van der Waals surface area (Å²) in [6.45, 7) is 0.956. The van der Waals surface area contributed by atoms with Crippen molar-refractivity contribution in [1.29, 1.82) is 0 Å². The Morgan fingerprint density at radius 1 is 0.939 bits per heavy atom. The summed E-state index contributed by atoms with van der Waals surface area (Å²) in [5, 5.41) is 12.7. The molecule has 3 aromatic rings. The Kier molecular flexibility index (Phi) is 6.76. The standard InChI is InChI=1S/C25H27N3O5/c1-32-14-13-26-17-27(22(18-9-5-3-6-10-18)19-11-7-4-8-12-19)28-20(16-33-2)15-21(29)24(30)23(28)25(26)31/h3-12,15,22,30H,13-14,16-17H2,1-2H3. The average Bonchev–Trinajstić information content (AvgIpc) is 2.84. The smallest absolute Gasteiger partial charge is 0.277 e. The minimum absolute atomic E-state index is 0.0752. The molecule has 1 aliphatic heterocycles. The zero-order chi connectivity index (χ0) is 23.4. The van der Waals surface area contributed by atoms with Crippen LogP contribution in [0, 0.1) is 0 Å². The molecule has 1 aliphatic rings. The largest absolute Gasteiger partial charge is 0.502 e. The summed E-state index contributed by atoms with van der Waals surface area (Å²) in [6, 6.07) is 20.8. The number of benzene rings is 2. The molecular formula is C25H27N3O5. The number of carbonyl (C=O) groups is 1. The third-order valence-electron chi connectivity index (χ3n) is 5.69. The number of aromatic hydroxyl groups is 1. The SMILES string of the molecule is COCCN1CN(C(c2ccccc2)c2ccccc2)n2c(COC)cc(=O)c(O)c2C1=O. The summed E-state index contributed by atoms with van der Waals surface area (Å²) in [7, 11) is 3.09. The number of hydrogen-bond acceptors (Lipinski definition) is 6. The molecule has 1 aromatic heterocycles. The third-order valence-corrected chi connectivity index (χ3v) is 5.69. The van der Waals surface area contributed by atoms with E-state index in [1.807, 2.05) is 65.7 Å². The van der Waals surface area contributed by atoms with Gasteiger partial charge in [-0.1, -0.05) is 60.7 Å². The van der Waals surface area contributed by atoms with Gasteiger partial charge >= 0.3 is 0 Å². The fraction of sp³-hybridized carbons (Fsp3) is 0.280. The number of pyridine rings is 1. The Labute approximate surface area is 192 Å². The minimum atomic E-state index is -0.619. The number of rotatable bonds is 8. The van der Waals surface area contributed by atoms with E-state index in [0.29, 0.717) is 18.8 Å². The van der Waals surface area contributed by atoms with E-state index in [4.69, 9.17) is 9.47 Å². The molecule has 172 valence electrons. The van der Waals surface area contributed by atoms with Crippen LogP contribution in [-0.4, -0.2) is 54.6 Å². The maximum absolute atomic E-state index is 13.4. The Hall–Kier alpha value is -3.62. The summed E-state index contributed by atoms with van der Waals surface area (Å²) >= 11 is 0. The summed E-state index contributed by atoms with van der Waals surface area (Å²) in [5.41, 5.74) is 1.78. The number of aromatic nitrogens is 1. The van der Waals surface area contributed by atoms with Crippen LogP contribution < -0.4 is 10.4 Å². The molecule has 0 bridgehead atoms. The number of methoxy groups -OCH3 is 2. The summed E-state index contributed by atoms with van der Waals surface area (Å²) in [6.07, 6.45) is 0. The van der Waals surface area contributed by atoms with Crippen LogP contribution in [0.2, 0.25) is 0 Å². The van der Waals surface area contributed by atoms with Crippen LogP contribution in [0.3, 0.4) is 0 Å².